The first-order valence-electron chi connectivity index (χ1n) is 5.72. The Kier molecular flexibility index (Phi) is 3.84. The number of nitriles is 1. The van der Waals surface area contributed by atoms with Crippen molar-refractivity contribution in [2.75, 3.05) is 11.9 Å². The maximum atomic E-state index is 12.1. The summed E-state index contributed by atoms with van der Waals surface area (Å²) in [7, 11) is 1.66. The Morgan fingerprint density at radius 1 is 1.32 bits per heavy atom. The molecule has 2 aromatic heterocycles. The molecule has 2 heterocycles. The second-order valence-electron chi connectivity index (χ2n) is 4.00. The Morgan fingerprint density at radius 2 is 2.05 bits per heavy atom. The summed E-state index contributed by atoms with van der Waals surface area (Å²) in [6.45, 7) is 0. The fourth-order valence-corrected chi connectivity index (χ4v) is 1.57. The van der Waals surface area contributed by atoms with E-state index in [2.05, 4.69) is 9.97 Å². The number of nitrogens with zero attached hydrogens (tertiary/aromatic N) is 4. The topological polar surface area (TPSA) is 69.9 Å². The molecular formula is C14H12N4O. The van der Waals surface area contributed by atoms with Crippen molar-refractivity contribution < 1.29 is 4.79 Å². The third kappa shape index (κ3) is 3.13. The number of hydrogen-bond donors (Lipinski definition) is 0. The standard InChI is InChI=1S/C14H12N4O/c1-18(13-3-2-12(9-15)10-17-13)14(19)8-11-4-6-16-7-5-11/h2-7,10H,8H2,1H3. The van der Waals surface area contributed by atoms with Crippen molar-refractivity contribution in [1.82, 2.24) is 9.97 Å². The molecule has 0 atom stereocenters. The van der Waals surface area contributed by atoms with Gasteiger partial charge in [-0.3, -0.25) is 14.7 Å². The number of anilines is 1. The lowest BCUT2D eigenvalue weighted by Crippen LogP contribution is -2.28. The number of pyridine rings is 2. The van der Waals surface area contributed by atoms with Crippen LogP contribution >= 0.6 is 0 Å². The number of likely N-dealkylation sites (N-methyl/N-ethyl adjacent to an activating group) is 1. The predicted molar refractivity (Wildman–Crippen MR) is 70.3 cm³/mol. The number of rotatable bonds is 3. The third-order valence-corrected chi connectivity index (χ3v) is 2.70. The molecule has 1 amide bonds. The highest BCUT2D eigenvalue weighted by Gasteiger charge is 2.12. The number of amides is 1. The molecule has 0 aliphatic carbocycles. The normalized spacial score (nSPS) is 9.68. The minimum atomic E-state index is -0.0663. The van der Waals surface area contributed by atoms with Crippen molar-refractivity contribution in [1.29, 1.82) is 5.26 Å². The Labute approximate surface area is 111 Å². The summed E-state index contributed by atoms with van der Waals surface area (Å²) in [4.78, 5) is 21.5. The summed E-state index contributed by atoms with van der Waals surface area (Å²) in [5, 5.41) is 8.69. The lowest BCUT2D eigenvalue weighted by Gasteiger charge is -2.16. The Morgan fingerprint density at radius 3 is 2.63 bits per heavy atom. The smallest absolute Gasteiger partial charge is 0.232 e. The van der Waals surface area contributed by atoms with Crippen LogP contribution in [0.15, 0.2) is 42.9 Å². The van der Waals surface area contributed by atoms with Gasteiger partial charge in [-0.05, 0) is 29.8 Å². The zero-order chi connectivity index (χ0) is 13.7. The van der Waals surface area contributed by atoms with Crippen LogP contribution in [0.5, 0.6) is 0 Å². The van der Waals surface area contributed by atoms with Crippen LogP contribution in [-0.2, 0) is 11.2 Å². The van der Waals surface area contributed by atoms with Gasteiger partial charge in [0.05, 0.1) is 12.0 Å². The Bertz CT molecular complexity index is 602. The van der Waals surface area contributed by atoms with E-state index in [1.807, 2.05) is 6.07 Å². The molecule has 0 saturated carbocycles. The van der Waals surface area contributed by atoms with Gasteiger partial charge in [-0.25, -0.2) is 4.98 Å². The summed E-state index contributed by atoms with van der Waals surface area (Å²) in [5.74, 6) is 0.460. The van der Waals surface area contributed by atoms with E-state index in [4.69, 9.17) is 5.26 Å². The van der Waals surface area contributed by atoms with Crippen molar-refractivity contribution in [3.8, 4) is 6.07 Å². The molecule has 19 heavy (non-hydrogen) atoms. The number of hydrogen-bond acceptors (Lipinski definition) is 4. The lowest BCUT2D eigenvalue weighted by atomic mass is 10.2. The van der Waals surface area contributed by atoms with Gasteiger partial charge in [-0.15, -0.1) is 0 Å². The van der Waals surface area contributed by atoms with Gasteiger partial charge < -0.3 is 0 Å². The lowest BCUT2D eigenvalue weighted by molar-refractivity contribution is -0.117. The van der Waals surface area contributed by atoms with Gasteiger partial charge in [0.2, 0.25) is 5.91 Å². The summed E-state index contributed by atoms with van der Waals surface area (Å²) in [5.41, 5.74) is 1.37. The van der Waals surface area contributed by atoms with Gasteiger partial charge >= 0.3 is 0 Å². The third-order valence-electron chi connectivity index (χ3n) is 2.70. The second kappa shape index (κ2) is 5.74. The average Bonchev–Trinajstić information content (AvgIpc) is 2.47. The Balaban J connectivity index is 2.08. The first kappa shape index (κ1) is 12.7. The first-order valence-corrected chi connectivity index (χ1v) is 5.72. The van der Waals surface area contributed by atoms with Crippen molar-refractivity contribution in [2.24, 2.45) is 0 Å². The molecule has 0 bridgehead atoms. The highest BCUT2D eigenvalue weighted by Crippen LogP contribution is 2.11. The molecule has 5 heteroatoms. The number of carbonyl (C=O) groups excluding carboxylic acids is 1. The minimum absolute atomic E-state index is 0.0663. The molecule has 0 aliphatic heterocycles. The second-order valence-corrected chi connectivity index (χ2v) is 4.00. The van der Waals surface area contributed by atoms with Crippen LogP contribution in [-0.4, -0.2) is 22.9 Å². The van der Waals surface area contributed by atoms with Crippen LogP contribution in [0.4, 0.5) is 5.82 Å². The van der Waals surface area contributed by atoms with Crippen molar-refractivity contribution in [3.63, 3.8) is 0 Å². The Hall–Kier alpha value is -2.74. The molecule has 5 nitrogen and oxygen atoms in total. The van der Waals surface area contributed by atoms with Crippen LogP contribution in [0.3, 0.4) is 0 Å². The molecule has 94 valence electrons. The van der Waals surface area contributed by atoms with Crippen LogP contribution in [0.25, 0.3) is 0 Å². The van der Waals surface area contributed by atoms with Gasteiger partial charge in [0.1, 0.15) is 11.9 Å². The summed E-state index contributed by atoms with van der Waals surface area (Å²) < 4.78 is 0. The quantitative estimate of drug-likeness (QED) is 0.831. The van der Waals surface area contributed by atoms with E-state index in [0.717, 1.165) is 5.56 Å². The van der Waals surface area contributed by atoms with E-state index in [-0.39, 0.29) is 5.91 Å². The molecule has 2 rings (SSSR count). The molecule has 0 N–H and O–H groups in total. The monoisotopic (exact) mass is 252 g/mol. The highest BCUT2D eigenvalue weighted by atomic mass is 16.2. The highest BCUT2D eigenvalue weighted by molar-refractivity contribution is 5.93. The summed E-state index contributed by atoms with van der Waals surface area (Å²) >= 11 is 0. The fourth-order valence-electron chi connectivity index (χ4n) is 1.57. The van der Waals surface area contributed by atoms with E-state index >= 15 is 0 Å². The van der Waals surface area contributed by atoms with E-state index in [1.54, 1.807) is 43.7 Å². The largest absolute Gasteiger partial charge is 0.300 e. The molecule has 0 aliphatic rings. The minimum Gasteiger partial charge on any atom is -0.300 e. The van der Waals surface area contributed by atoms with Gasteiger partial charge in [-0.1, -0.05) is 0 Å². The molecule has 0 aromatic carbocycles. The van der Waals surface area contributed by atoms with Crippen LogP contribution in [0.2, 0.25) is 0 Å². The maximum absolute atomic E-state index is 12.1. The van der Waals surface area contributed by atoms with Gasteiger partial charge in [0.25, 0.3) is 0 Å². The molecule has 0 radical (unpaired) electrons. The van der Waals surface area contributed by atoms with Gasteiger partial charge in [0, 0.05) is 25.6 Å². The van der Waals surface area contributed by atoms with Gasteiger partial charge in [-0.2, -0.15) is 5.26 Å². The molecule has 0 saturated heterocycles. The molecule has 0 unspecified atom stereocenters. The summed E-state index contributed by atoms with van der Waals surface area (Å²) in [6.07, 6.45) is 5.05. The maximum Gasteiger partial charge on any atom is 0.232 e. The first-order chi connectivity index (χ1) is 9.20. The van der Waals surface area contributed by atoms with Crippen LogP contribution < -0.4 is 4.90 Å². The SMILES string of the molecule is CN(C(=O)Cc1ccncc1)c1ccc(C#N)cn1. The summed E-state index contributed by atoms with van der Waals surface area (Å²) in [6, 6.07) is 8.89. The van der Waals surface area contributed by atoms with Crippen LogP contribution in [0, 0.1) is 11.3 Å². The van der Waals surface area contributed by atoms with Crippen LogP contribution in [0.1, 0.15) is 11.1 Å². The van der Waals surface area contributed by atoms with Crippen molar-refractivity contribution >= 4 is 11.7 Å². The van der Waals surface area contributed by atoms with Crippen molar-refractivity contribution in [2.45, 2.75) is 6.42 Å². The van der Waals surface area contributed by atoms with Gasteiger partial charge in [0.15, 0.2) is 0 Å². The van der Waals surface area contributed by atoms with E-state index in [0.29, 0.717) is 17.8 Å². The molecule has 0 spiro atoms. The fraction of sp³-hybridized carbons (Fsp3) is 0.143. The molecular weight excluding hydrogens is 240 g/mol. The van der Waals surface area contributed by atoms with Crippen molar-refractivity contribution in [3.05, 3.63) is 54.0 Å². The predicted octanol–water partition coefficient (Wildman–Crippen LogP) is 1.55. The number of carbonyl (C=O) groups is 1. The zero-order valence-corrected chi connectivity index (χ0v) is 10.4. The average molecular weight is 252 g/mol. The van der Waals surface area contributed by atoms with E-state index in [1.165, 1.54) is 11.1 Å². The van der Waals surface area contributed by atoms with E-state index < -0.39 is 0 Å². The van der Waals surface area contributed by atoms with E-state index in [9.17, 15) is 4.79 Å². The molecule has 2 aromatic rings. The molecule has 0 fully saturated rings. The number of aromatic nitrogens is 2. The zero-order valence-electron chi connectivity index (χ0n) is 10.4.